The highest BCUT2D eigenvalue weighted by Crippen LogP contribution is 2.24. The quantitative estimate of drug-likeness (QED) is 0.414. The molecule has 11 heteroatoms. The molecule has 2 N–H and O–H groups in total. The van der Waals surface area contributed by atoms with Crippen molar-refractivity contribution in [1.82, 2.24) is 8.75 Å². The van der Waals surface area contributed by atoms with E-state index in [1.807, 2.05) is 0 Å². The van der Waals surface area contributed by atoms with Crippen LogP contribution in [0.2, 0.25) is 0 Å². The van der Waals surface area contributed by atoms with Crippen molar-refractivity contribution < 1.29 is 22.7 Å². The third-order valence-electron chi connectivity index (χ3n) is 4.49. The van der Waals surface area contributed by atoms with Crippen LogP contribution < -0.4 is 10.0 Å². The molecule has 0 bridgehead atoms. The number of nitrogens with zero attached hydrogens (tertiary/aromatic N) is 2. The average Bonchev–Trinajstić information content (AvgIpc) is 3.28. The smallest absolute Gasteiger partial charge is 0.339 e. The van der Waals surface area contributed by atoms with Crippen molar-refractivity contribution in [3.8, 4) is 0 Å². The van der Waals surface area contributed by atoms with Gasteiger partial charge in [0.25, 0.3) is 15.9 Å². The van der Waals surface area contributed by atoms with Gasteiger partial charge < -0.3 is 10.1 Å². The monoisotopic (exact) mass is 468 g/mol. The minimum atomic E-state index is -4.12. The second kappa shape index (κ2) is 8.73. The van der Waals surface area contributed by atoms with Crippen LogP contribution in [0.5, 0.6) is 0 Å². The zero-order chi connectivity index (χ0) is 22.7. The summed E-state index contributed by atoms with van der Waals surface area (Å²) in [6.07, 6.45) is 0. The lowest BCUT2D eigenvalue weighted by atomic mass is 10.2. The van der Waals surface area contributed by atoms with Gasteiger partial charge in [-0.1, -0.05) is 24.3 Å². The maximum Gasteiger partial charge on any atom is 0.339 e. The number of esters is 1. The van der Waals surface area contributed by atoms with Crippen molar-refractivity contribution in [2.45, 2.75) is 4.90 Å². The summed E-state index contributed by atoms with van der Waals surface area (Å²) in [5, 5.41) is 2.77. The number of ether oxygens (including phenoxy) is 1. The average molecular weight is 469 g/mol. The first kappa shape index (κ1) is 21.4. The van der Waals surface area contributed by atoms with E-state index in [4.69, 9.17) is 0 Å². The molecule has 0 saturated carbocycles. The Balaban J connectivity index is 1.59. The van der Waals surface area contributed by atoms with Crippen LogP contribution in [-0.4, -0.2) is 36.2 Å². The molecule has 3 aromatic carbocycles. The lowest BCUT2D eigenvalue weighted by molar-refractivity contribution is 0.0596. The van der Waals surface area contributed by atoms with E-state index in [-0.39, 0.29) is 21.7 Å². The van der Waals surface area contributed by atoms with Crippen molar-refractivity contribution >= 4 is 56.0 Å². The summed E-state index contributed by atoms with van der Waals surface area (Å²) in [6.45, 7) is 0. The maximum atomic E-state index is 12.9. The van der Waals surface area contributed by atoms with Gasteiger partial charge in [-0.05, 0) is 42.5 Å². The molecule has 4 rings (SSSR count). The number of fused-ring (bicyclic) bond motifs is 1. The van der Waals surface area contributed by atoms with E-state index in [0.29, 0.717) is 16.7 Å². The molecular formula is C21H16N4O5S2. The molecule has 0 atom stereocenters. The third kappa shape index (κ3) is 4.29. The molecular weight excluding hydrogens is 452 g/mol. The number of rotatable bonds is 6. The second-order valence-corrected chi connectivity index (χ2v) is 8.74. The molecule has 0 aliphatic carbocycles. The van der Waals surface area contributed by atoms with E-state index in [2.05, 4.69) is 23.5 Å². The standard InChI is InChI=1S/C21H16N4O5S2/c1-30-21(27)15-8-2-3-11-18(15)32(28,29)25-14-7-4-6-13(12-14)20(26)22-16-9-5-10-17-19(16)24-31-23-17/h2-12,25H,1H3,(H,22,26). The van der Waals surface area contributed by atoms with Crippen LogP contribution in [0, 0.1) is 0 Å². The summed E-state index contributed by atoms with van der Waals surface area (Å²) in [5.74, 6) is -1.22. The molecule has 0 radical (unpaired) electrons. The SMILES string of the molecule is COC(=O)c1ccccc1S(=O)(=O)Nc1cccc(C(=O)Nc2cccc3nsnc23)c1. The fourth-order valence-corrected chi connectivity index (χ4v) is 4.81. The fraction of sp³-hybridized carbons (Fsp3) is 0.0476. The Morgan fingerprint density at radius 3 is 2.56 bits per heavy atom. The summed E-state index contributed by atoms with van der Waals surface area (Å²) in [6, 6.07) is 16.9. The topological polar surface area (TPSA) is 127 Å². The number of hydrogen-bond acceptors (Lipinski definition) is 8. The zero-order valence-corrected chi connectivity index (χ0v) is 18.2. The number of nitrogens with one attached hydrogen (secondary N) is 2. The van der Waals surface area contributed by atoms with Crippen LogP contribution in [0.1, 0.15) is 20.7 Å². The van der Waals surface area contributed by atoms with E-state index in [1.165, 1.54) is 43.5 Å². The number of carbonyl (C=O) groups is 2. The van der Waals surface area contributed by atoms with Gasteiger partial charge in [0.2, 0.25) is 0 Å². The van der Waals surface area contributed by atoms with E-state index < -0.39 is 21.9 Å². The first-order chi connectivity index (χ1) is 15.4. The first-order valence-corrected chi connectivity index (χ1v) is 11.4. The summed E-state index contributed by atoms with van der Waals surface area (Å²) in [7, 11) is -2.95. The molecule has 9 nitrogen and oxygen atoms in total. The molecule has 0 fully saturated rings. The van der Waals surface area contributed by atoms with Gasteiger partial charge in [-0.2, -0.15) is 8.75 Å². The number of aromatic nitrogens is 2. The number of hydrogen-bond donors (Lipinski definition) is 2. The summed E-state index contributed by atoms with van der Waals surface area (Å²) in [5.41, 5.74) is 2.03. The number of amides is 1. The molecule has 4 aromatic rings. The molecule has 32 heavy (non-hydrogen) atoms. The highest BCUT2D eigenvalue weighted by atomic mass is 32.2. The van der Waals surface area contributed by atoms with Gasteiger partial charge >= 0.3 is 5.97 Å². The van der Waals surface area contributed by atoms with Crippen molar-refractivity contribution in [3.63, 3.8) is 0 Å². The summed E-state index contributed by atoms with van der Waals surface area (Å²) >= 11 is 1.04. The fourth-order valence-electron chi connectivity index (χ4n) is 3.02. The number of carbonyl (C=O) groups excluding carboxylic acids is 2. The Hall–Kier alpha value is -3.83. The van der Waals surface area contributed by atoms with Crippen LogP contribution >= 0.6 is 11.7 Å². The van der Waals surface area contributed by atoms with Crippen LogP contribution in [-0.2, 0) is 14.8 Å². The molecule has 1 aromatic heterocycles. The van der Waals surface area contributed by atoms with Crippen molar-refractivity contribution in [2.75, 3.05) is 17.1 Å². The van der Waals surface area contributed by atoms with Crippen LogP contribution in [0.4, 0.5) is 11.4 Å². The lowest BCUT2D eigenvalue weighted by Gasteiger charge is -2.12. The minimum Gasteiger partial charge on any atom is -0.465 e. The molecule has 162 valence electrons. The highest BCUT2D eigenvalue weighted by molar-refractivity contribution is 7.92. The molecule has 0 aliphatic rings. The first-order valence-electron chi connectivity index (χ1n) is 9.22. The normalized spacial score (nSPS) is 11.2. The molecule has 0 aliphatic heterocycles. The van der Waals surface area contributed by atoms with E-state index >= 15 is 0 Å². The van der Waals surface area contributed by atoms with Gasteiger partial charge in [-0.3, -0.25) is 9.52 Å². The number of sulfonamides is 1. The predicted molar refractivity (Wildman–Crippen MR) is 120 cm³/mol. The molecule has 0 saturated heterocycles. The van der Waals surface area contributed by atoms with Gasteiger partial charge in [0, 0.05) is 11.3 Å². The Morgan fingerprint density at radius 2 is 1.75 bits per heavy atom. The van der Waals surface area contributed by atoms with E-state index in [9.17, 15) is 18.0 Å². The molecule has 1 heterocycles. The Labute approximate surface area is 187 Å². The lowest BCUT2D eigenvalue weighted by Crippen LogP contribution is -2.18. The summed E-state index contributed by atoms with van der Waals surface area (Å²) < 4.78 is 41.2. The summed E-state index contributed by atoms with van der Waals surface area (Å²) in [4.78, 5) is 24.5. The zero-order valence-electron chi connectivity index (χ0n) is 16.6. The van der Waals surface area contributed by atoms with Gasteiger partial charge in [-0.25, -0.2) is 13.2 Å². The third-order valence-corrected chi connectivity index (χ3v) is 6.48. The largest absolute Gasteiger partial charge is 0.465 e. The Kier molecular flexibility index (Phi) is 5.84. The van der Waals surface area contributed by atoms with Crippen LogP contribution in [0.3, 0.4) is 0 Å². The van der Waals surface area contributed by atoms with Gasteiger partial charge in [0.15, 0.2) is 0 Å². The van der Waals surface area contributed by atoms with Gasteiger partial charge in [0.05, 0.1) is 30.1 Å². The maximum absolute atomic E-state index is 12.9. The molecule has 0 unspecified atom stereocenters. The Morgan fingerprint density at radius 1 is 0.969 bits per heavy atom. The minimum absolute atomic E-state index is 0.0960. The van der Waals surface area contributed by atoms with Crippen molar-refractivity contribution in [3.05, 3.63) is 77.9 Å². The second-order valence-electron chi connectivity index (χ2n) is 6.57. The van der Waals surface area contributed by atoms with Crippen LogP contribution in [0.25, 0.3) is 11.0 Å². The number of methoxy groups -OCH3 is 1. The van der Waals surface area contributed by atoms with Gasteiger partial charge in [-0.15, -0.1) is 0 Å². The van der Waals surface area contributed by atoms with Crippen molar-refractivity contribution in [1.29, 1.82) is 0 Å². The Bertz CT molecular complexity index is 1430. The van der Waals surface area contributed by atoms with Crippen molar-refractivity contribution in [2.24, 2.45) is 0 Å². The number of benzene rings is 3. The van der Waals surface area contributed by atoms with Crippen LogP contribution in [0.15, 0.2) is 71.6 Å². The molecule has 0 spiro atoms. The molecule has 1 amide bonds. The number of anilines is 2. The van der Waals surface area contributed by atoms with E-state index in [1.54, 1.807) is 30.3 Å². The van der Waals surface area contributed by atoms with Gasteiger partial charge in [0.1, 0.15) is 15.9 Å². The highest BCUT2D eigenvalue weighted by Gasteiger charge is 2.23. The van der Waals surface area contributed by atoms with E-state index in [0.717, 1.165) is 11.7 Å². The predicted octanol–water partition coefficient (Wildman–Crippen LogP) is 3.53.